The highest BCUT2D eigenvalue weighted by Crippen LogP contribution is 2.22. The second-order valence-corrected chi connectivity index (χ2v) is 4.49. The van der Waals surface area contributed by atoms with Crippen LogP contribution in [0.25, 0.3) is 10.4 Å². The van der Waals surface area contributed by atoms with Gasteiger partial charge >= 0.3 is 0 Å². The highest BCUT2D eigenvalue weighted by molar-refractivity contribution is 5.29. The summed E-state index contributed by atoms with van der Waals surface area (Å²) in [7, 11) is 0. The van der Waals surface area contributed by atoms with Gasteiger partial charge in [0.15, 0.2) is 0 Å². The molecule has 0 aliphatic heterocycles. The van der Waals surface area contributed by atoms with Crippen molar-refractivity contribution in [2.24, 2.45) is 5.11 Å². The van der Waals surface area contributed by atoms with Gasteiger partial charge in [0.1, 0.15) is 11.9 Å². The fourth-order valence-corrected chi connectivity index (χ4v) is 1.63. The van der Waals surface area contributed by atoms with Crippen LogP contribution in [0.15, 0.2) is 29.4 Å². The lowest BCUT2D eigenvalue weighted by Crippen LogP contribution is -2.19. The summed E-state index contributed by atoms with van der Waals surface area (Å²) in [5.41, 5.74) is 8.74. The number of hydrogen-bond acceptors (Lipinski definition) is 4. The highest BCUT2D eigenvalue weighted by Gasteiger charge is 2.17. The van der Waals surface area contributed by atoms with E-state index in [9.17, 15) is 10.2 Å². The van der Waals surface area contributed by atoms with Crippen LogP contribution in [0.5, 0.6) is 5.75 Å². The fraction of sp³-hybridized carbons (Fsp3) is 0.538. The van der Waals surface area contributed by atoms with Crippen molar-refractivity contribution >= 4 is 0 Å². The second-order valence-electron chi connectivity index (χ2n) is 4.49. The molecule has 0 bridgehead atoms. The summed E-state index contributed by atoms with van der Waals surface area (Å²) in [5, 5.41) is 23.0. The highest BCUT2D eigenvalue weighted by atomic mass is 16.5. The molecule has 1 rings (SSSR count). The van der Waals surface area contributed by atoms with Gasteiger partial charge in [-0.1, -0.05) is 17.2 Å². The van der Waals surface area contributed by atoms with Crippen molar-refractivity contribution in [3.63, 3.8) is 0 Å². The van der Waals surface area contributed by atoms with Gasteiger partial charge in [0.05, 0.1) is 12.2 Å². The molecule has 0 aliphatic rings. The van der Waals surface area contributed by atoms with Crippen LogP contribution < -0.4 is 4.74 Å². The molecule has 0 radical (unpaired) electrons. The Morgan fingerprint density at radius 2 is 1.89 bits per heavy atom. The number of hydrogen-bond donors (Lipinski definition) is 2. The number of rotatable bonds is 7. The third-order valence-corrected chi connectivity index (χ3v) is 2.55. The third-order valence-electron chi connectivity index (χ3n) is 2.55. The Kier molecular flexibility index (Phi) is 6.15. The zero-order valence-corrected chi connectivity index (χ0v) is 11.1. The van der Waals surface area contributed by atoms with E-state index in [0.717, 1.165) is 5.75 Å². The van der Waals surface area contributed by atoms with Crippen LogP contribution in [0, 0.1) is 0 Å². The largest absolute Gasteiger partial charge is 0.491 e. The lowest BCUT2D eigenvalue weighted by atomic mass is 10.0. The molecule has 0 aliphatic carbocycles. The maximum absolute atomic E-state index is 9.94. The van der Waals surface area contributed by atoms with E-state index in [1.54, 1.807) is 24.3 Å². The zero-order chi connectivity index (χ0) is 14.3. The predicted molar refractivity (Wildman–Crippen MR) is 71.8 cm³/mol. The minimum absolute atomic E-state index is 0.0882. The van der Waals surface area contributed by atoms with Crippen LogP contribution in [0.3, 0.4) is 0 Å². The van der Waals surface area contributed by atoms with Gasteiger partial charge in [0, 0.05) is 11.5 Å². The van der Waals surface area contributed by atoms with Crippen LogP contribution in [-0.2, 0) is 0 Å². The van der Waals surface area contributed by atoms with Crippen LogP contribution >= 0.6 is 0 Å². The van der Waals surface area contributed by atoms with Crippen molar-refractivity contribution in [1.29, 1.82) is 0 Å². The molecule has 0 aromatic heterocycles. The number of nitrogens with zero attached hydrogens (tertiary/aromatic N) is 3. The van der Waals surface area contributed by atoms with Gasteiger partial charge in [0.25, 0.3) is 0 Å². The molecule has 0 heterocycles. The molecule has 0 spiro atoms. The first kappa shape index (κ1) is 15.3. The van der Waals surface area contributed by atoms with Crippen molar-refractivity contribution in [2.45, 2.75) is 38.6 Å². The van der Waals surface area contributed by atoms with Crippen molar-refractivity contribution < 1.29 is 14.9 Å². The van der Waals surface area contributed by atoms with Crippen molar-refractivity contribution in [1.82, 2.24) is 0 Å². The topological polar surface area (TPSA) is 98.5 Å². The maximum atomic E-state index is 9.94. The molecule has 0 saturated carbocycles. The molecule has 2 unspecified atom stereocenters. The monoisotopic (exact) mass is 265 g/mol. The fourth-order valence-electron chi connectivity index (χ4n) is 1.63. The Labute approximate surface area is 112 Å². The molecule has 104 valence electrons. The first-order valence-corrected chi connectivity index (χ1v) is 6.18. The van der Waals surface area contributed by atoms with E-state index in [0.29, 0.717) is 5.56 Å². The van der Waals surface area contributed by atoms with E-state index in [-0.39, 0.29) is 19.1 Å². The molecule has 2 N–H and O–H groups in total. The Morgan fingerprint density at radius 1 is 1.26 bits per heavy atom. The van der Waals surface area contributed by atoms with Gasteiger partial charge in [-0.2, -0.15) is 0 Å². The van der Waals surface area contributed by atoms with E-state index in [1.165, 1.54) is 0 Å². The second kappa shape index (κ2) is 7.63. The normalized spacial score (nSPS) is 13.7. The molecule has 6 heteroatoms. The van der Waals surface area contributed by atoms with E-state index in [2.05, 4.69) is 10.0 Å². The molecular formula is C13H19N3O3. The quantitative estimate of drug-likeness (QED) is 0.450. The van der Waals surface area contributed by atoms with E-state index in [4.69, 9.17) is 10.3 Å². The van der Waals surface area contributed by atoms with Crippen molar-refractivity contribution in [3.05, 3.63) is 40.3 Å². The summed E-state index contributed by atoms with van der Waals surface area (Å²) in [6.07, 6.45) is -1.65. The van der Waals surface area contributed by atoms with E-state index in [1.807, 2.05) is 13.8 Å². The van der Waals surface area contributed by atoms with E-state index < -0.39 is 12.2 Å². The molecule has 1 aromatic rings. The summed E-state index contributed by atoms with van der Waals surface area (Å²) < 4.78 is 5.49. The Bertz CT molecular complexity index is 427. The van der Waals surface area contributed by atoms with Crippen LogP contribution in [0.4, 0.5) is 0 Å². The number of aliphatic hydroxyl groups excluding tert-OH is 2. The molecule has 0 saturated heterocycles. The maximum Gasteiger partial charge on any atom is 0.119 e. The van der Waals surface area contributed by atoms with Gasteiger partial charge in [0.2, 0.25) is 0 Å². The lowest BCUT2D eigenvalue weighted by Gasteiger charge is -2.18. The van der Waals surface area contributed by atoms with Gasteiger partial charge in [-0.05, 0) is 43.5 Å². The average Bonchev–Trinajstić information content (AvgIpc) is 2.38. The summed E-state index contributed by atoms with van der Waals surface area (Å²) in [4.78, 5) is 2.59. The summed E-state index contributed by atoms with van der Waals surface area (Å²) >= 11 is 0. The molecule has 6 nitrogen and oxygen atoms in total. The third kappa shape index (κ3) is 5.18. The lowest BCUT2D eigenvalue weighted by molar-refractivity contribution is 0.0150. The zero-order valence-electron chi connectivity index (χ0n) is 11.1. The molecule has 0 amide bonds. The minimum atomic E-state index is -0.998. The molecule has 1 aromatic carbocycles. The summed E-state index contributed by atoms with van der Waals surface area (Å²) in [6, 6.07) is 6.91. The van der Waals surface area contributed by atoms with Crippen LogP contribution in [0.2, 0.25) is 0 Å². The van der Waals surface area contributed by atoms with Crippen LogP contribution in [0.1, 0.15) is 31.9 Å². The van der Waals surface area contributed by atoms with Crippen molar-refractivity contribution in [3.8, 4) is 5.75 Å². The summed E-state index contributed by atoms with van der Waals surface area (Å²) in [6.45, 7) is 4.02. The number of ether oxygens (including phenoxy) is 1. The minimum Gasteiger partial charge on any atom is -0.491 e. The smallest absolute Gasteiger partial charge is 0.119 e. The summed E-state index contributed by atoms with van der Waals surface area (Å²) in [5.74, 6) is 0.717. The van der Waals surface area contributed by atoms with Crippen LogP contribution in [-0.4, -0.2) is 29.0 Å². The number of azide groups is 1. The van der Waals surface area contributed by atoms with Gasteiger partial charge in [-0.3, -0.25) is 0 Å². The average molecular weight is 265 g/mol. The van der Waals surface area contributed by atoms with Gasteiger partial charge in [-0.25, -0.2) is 0 Å². The Hall–Kier alpha value is -1.75. The Morgan fingerprint density at radius 3 is 2.42 bits per heavy atom. The van der Waals surface area contributed by atoms with Gasteiger partial charge in [-0.15, -0.1) is 0 Å². The first-order valence-electron chi connectivity index (χ1n) is 6.18. The standard InChI is InChI=1S/C13H19N3O3/c1-9(2)19-11-5-3-10(4-6-11)13(18)12(17)7-8-15-16-14/h3-6,9,12-13,17-18H,7-8H2,1-2H3. The Balaban J connectivity index is 2.61. The molecule has 19 heavy (non-hydrogen) atoms. The number of benzene rings is 1. The molecule has 0 fully saturated rings. The number of aliphatic hydroxyl groups is 2. The van der Waals surface area contributed by atoms with Crippen molar-refractivity contribution in [2.75, 3.05) is 6.54 Å². The molecular weight excluding hydrogens is 246 g/mol. The van der Waals surface area contributed by atoms with E-state index >= 15 is 0 Å². The predicted octanol–water partition coefficient (Wildman–Crippen LogP) is 2.57. The van der Waals surface area contributed by atoms with Gasteiger partial charge < -0.3 is 14.9 Å². The SMILES string of the molecule is CC(C)Oc1ccc(C(O)C(O)CCN=[N+]=[N-])cc1. The first-order chi connectivity index (χ1) is 9.04. The molecule has 2 atom stereocenters.